The number of hydrogen-bond donors (Lipinski definition) is 1. The zero-order valence-corrected chi connectivity index (χ0v) is 8.51. The number of hydrogen-bond acceptors (Lipinski definition) is 2. The maximum atomic E-state index is 11.1. The number of primary sulfonamides is 1. The molecular weight excluding hydrogens is 186 g/mol. The van der Waals surface area contributed by atoms with Crippen molar-refractivity contribution in [2.75, 3.05) is 0 Å². The van der Waals surface area contributed by atoms with Crippen LogP contribution in [0.2, 0.25) is 0 Å². The summed E-state index contributed by atoms with van der Waals surface area (Å²) >= 11 is 0. The highest BCUT2D eigenvalue weighted by Crippen LogP contribution is 2.22. The van der Waals surface area contributed by atoms with E-state index in [0.717, 1.165) is 11.1 Å². The van der Waals surface area contributed by atoms with Gasteiger partial charge >= 0.3 is 0 Å². The number of nitrogens with two attached hydrogens (primary N) is 1. The van der Waals surface area contributed by atoms with Crippen molar-refractivity contribution in [3.63, 3.8) is 0 Å². The Hall–Kier alpha value is -0.870. The van der Waals surface area contributed by atoms with E-state index in [1.807, 2.05) is 25.1 Å². The predicted octanol–water partition coefficient (Wildman–Crippen LogP) is 1.34. The van der Waals surface area contributed by atoms with Crippen molar-refractivity contribution >= 4 is 10.0 Å². The van der Waals surface area contributed by atoms with E-state index in [1.54, 1.807) is 13.0 Å². The first-order valence-electron chi connectivity index (χ1n) is 4.00. The van der Waals surface area contributed by atoms with Crippen molar-refractivity contribution in [2.24, 2.45) is 5.14 Å². The monoisotopic (exact) mass is 199 g/mol. The lowest BCUT2D eigenvalue weighted by Crippen LogP contribution is -2.19. The van der Waals surface area contributed by atoms with Gasteiger partial charge in [0.25, 0.3) is 0 Å². The smallest absolute Gasteiger partial charge is 0.215 e. The second-order valence-electron chi connectivity index (χ2n) is 3.09. The molecule has 1 aromatic carbocycles. The average molecular weight is 199 g/mol. The first-order valence-corrected chi connectivity index (χ1v) is 5.61. The number of benzene rings is 1. The minimum absolute atomic E-state index is 0.631. The van der Waals surface area contributed by atoms with Crippen LogP contribution in [-0.4, -0.2) is 8.42 Å². The van der Waals surface area contributed by atoms with Gasteiger partial charge in [0, 0.05) is 0 Å². The molecule has 13 heavy (non-hydrogen) atoms. The van der Waals surface area contributed by atoms with Crippen molar-refractivity contribution in [1.29, 1.82) is 0 Å². The molecule has 0 aliphatic carbocycles. The zero-order chi connectivity index (χ0) is 10.1. The van der Waals surface area contributed by atoms with Crippen LogP contribution in [-0.2, 0) is 10.0 Å². The topological polar surface area (TPSA) is 60.2 Å². The Morgan fingerprint density at radius 2 is 1.85 bits per heavy atom. The third-order valence-electron chi connectivity index (χ3n) is 2.12. The summed E-state index contributed by atoms with van der Waals surface area (Å²) in [5.74, 6) is 0. The Balaban J connectivity index is 3.17. The quantitative estimate of drug-likeness (QED) is 0.781. The van der Waals surface area contributed by atoms with E-state index in [4.69, 9.17) is 5.14 Å². The van der Waals surface area contributed by atoms with E-state index in [9.17, 15) is 8.42 Å². The highest BCUT2D eigenvalue weighted by atomic mass is 32.2. The summed E-state index contributed by atoms with van der Waals surface area (Å²) in [6, 6.07) is 7.33. The van der Waals surface area contributed by atoms with Crippen LogP contribution in [0.15, 0.2) is 24.3 Å². The fourth-order valence-corrected chi connectivity index (χ4v) is 1.84. The van der Waals surface area contributed by atoms with Gasteiger partial charge in [0.1, 0.15) is 0 Å². The minimum Gasteiger partial charge on any atom is -0.228 e. The second kappa shape index (κ2) is 3.47. The molecule has 72 valence electrons. The lowest BCUT2D eigenvalue weighted by molar-refractivity contribution is 0.587. The standard InChI is InChI=1S/C9H13NO2S/c1-7-5-3-4-6-9(7)8(2)13(10,11)12/h3-6,8H,1-2H3,(H2,10,11,12). The van der Waals surface area contributed by atoms with Gasteiger partial charge in [0.15, 0.2) is 0 Å². The van der Waals surface area contributed by atoms with Gasteiger partial charge in [-0.25, -0.2) is 13.6 Å². The van der Waals surface area contributed by atoms with Gasteiger partial charge in [-0.2, -0.15) is 0 Å². The highest BCUT2D eigenvalue weighted by molar-refractivity contribution is 7.89. The van der Waals surface area contributed by atoms with Crippen LogP contribution in [0.5, 0.6) is 0 Å². The van der Waals surface area contributed by atoms with Gasteiger partial charge in [0.2, 0.25) is 10.0 Å². The van der Waals surface area contributed by atoms with Crippen molar-refractivity contribution in [1.82, 2.24) is 0 Å². The fourth-order valence-electron chi connectivity index (χ4n) is 1.22. The molecule has 0 amide bonds. The van der Waals surface area contributed by atoms with Crippen LogP contribution < -0.4 is 5.14 Å². The first kappa shape index (κ1) is 10.2. The van der Waals surface area contributed by atoms with E-state index in [0.29, 0.717) is 0 Å². The van der Waals surface area contributed by atoms with Crippen molar-refractivity contribution < 1.29 is 8.42 Å². The summed E-state index contributed by atoms with van der Waals surface area (Å²) in [5, 5.41) is 4.42. The zero-order valence-electron chi connectivity index (χ0n) is 7.69. The highest BCUT2D eigenvalue weighted by Gasteiger charge is 2.18. The van der Waals surface area contributed by atoms with Crippen LogP contribution >= 0.6 is 0 Å². The SMILES string of the molecule is Cc1ccccc1C(C)S(N)(=O)=O. The van der Waals surface area contributed by atoms with Crippen molar-refractivity contribution in [2.45, 2.75) is 19.1 Å². The Bertz CT molecular complexity index is 398. The molecule has 0 aliphatic heterocycles. The van der Waals surface area contributed by atoms with Gasteiger partial charge in [-0.15, -0.1) is 0 Å². The molecule has 0 aromatic heterocycles. The molecule has 0 spiro atoms. The molecule has 0 saturated carbocycles. The molecule has 4 heteroatoms. The van der Waals surface area contributed by atoms with Crippen LogP contribution in [0.1, 0.15) is 23.3 Å². The van der Waals surface area contributed by atoms with Gasteiger partial charge < -0.3 is 0 Å². The van der Waals surface area contributed by atoms with Crippen LogP contribution in [0.3, 0.4) is 0 Å². The summed E-state index contributed by atoms with van der Waals surface area (Å²) < 4.78 is 22.1. The average Bonchev–Trinajstić information content (AvgIpc) is 2.02. The van der Waals surface area contributed by atoms with E-state index in [-0.39, 0.29) is 0 Å². The molecule has 2 N–H and O–H groups in total. The molecule has 0 radical (unpaired) electrons. The Labute approximate surface area is 78.6 Å². The Morgan fingerprint density at radius 1 is 1.31 bits per heavy atom. The molecule has 0 saturated heterocycles. The van der Waals surface area contributed by atoms with E-state index in [2.05, 4.69) is 0 Å². The van der Waals surface area contributed by atoms with E-state index >= 15 is 0 Å². The molecule has 0 fully saturated rings. The first-order chi connectivity index (χ1) is 5.93. The Morgan fingerprint density at radius 3 is 2.31 bits per heavy atom. The third kappa shape index (κ3) is 2.29. The number of aryl methyl sites for hydroxylation is 1. The lowest BCUT2D eigenvalue weighted by Gasteiger charge is -2.11. The summed E-state index contributed by atoms with van der Waals surface area (Å²) in [4.78, 5) is 0. The van der Waals surface area contributed by atoms with Crippen LogP contribution in [0.25, 0.3) is 0 Å². The summed E-state index contributed by atoms with van der Waals surface area (Å²) in [5.41, 5.74) is 1.72. The molecule has 3 nitrogen and oxygen atoms in total. The summed E-state index contributed by atoms with van der Waals surface area (Å²) in [6.07, 6.45) is 0. The lowest BCUT2D eigenvalue weighted by atomic mass is 10.1. The largest absolute Gasteiger partial charge is 0.228 e. The predicted molar refractivity (Wildman–Crippen MR) is 52.7 cm³/mol. The molecule has 0 heterocycles. The van der Waals surface area contributed by atoms with Crippen molar-refractivity contribution in [3.8, 4) is 0 Å². The van der Waals surface area contributed by atoms with Crippen LogP contribution in [0, 0.1) is 6.92 Å². The number of rotatable bonds is 2. The summed E-state index contributed by atoms with van der Waals surface area (Å²) in [6.45, 7) is 3.47. The minimum atomic E-state index is -3.48. The normalized spacial score (nSPS) is 14.1. The Kier molecular flexibility index (Phi) is 2.73. The molecule has 1 unspecified atom stereocenters. The number of sulfonamides is 1. The molecule has 1 rings (SSSR count). The van der Waals surface area contributed by atoms with Gasteiger partial charge in [-0.1, -0.05) is 24.3 Å². The molecule has 1 atom stereocenters. The van der Waals surface area contributed by atoms with Gasteiger partial charge in [-0.3, -0.25) is 0 Å². The molecule has 0 aliphatic rings. The molecule has 0 bridgehead atoms. The molecule has 1 aromatic rings. The van der Waals surface area contributed by atoms with Crippen LogP contribution in [0.4, 0.5) is 0 Å². The van der Waals surface area contributed by atoms with Gasteiger partial charge in [0.05, 0.1) is 5.25 Å². The third-order valence-corrected chi connectivity index (χ3v) is 3.36. The fraction of sp³-hybridized carbons (Fsp3) is 0.333. The van der Waals surface area contributed by atoms with Crippen molar-refractivity contribution in [3.05, 3.63) is 35.4 Å². The van der Waals surface area contributed by atoms with E-state index in [1.165, 1.54) is 0 Å². The summed E-state index contributed by atoms with van der Waals surface area (Å²) in [7, 11) is -3.48. The molecular formula is C9H13NO2S. The second-order valence-corrected chi connectivity index (χ2v) is 4.97. The van der Waals surface area contributed by atoms with E-state index < -0.39 is 15.3 Å². The maximum absolute atomic E-state index is 11.1. The maximum Gasteiger partial charge on any atom is 0.215 e. The van der Waals surface area contributed by atoms with Gasteiger partial charge in [-0.05, 0) is 25.0 Å².